The summed E-state index contributed by atoms with van der Waals surface area (Å²) >= 11 is 0. The van der Waals surface area contributed by atoms with Gasteiger partial charge in [-0.05, 0) is 29.2 Å². The first-order valence-electron chi connectivity index (χ1n) is 5.72. The number of ether oxygens (including phenoxy) is 2. The van der Waals surface area contributed by atoms with E-state index in [-0.39, 0.29) is 12.3 Å². The molecule has 0 spiro atoms. The molecule has 1 aromatic rings. The van der Waals surface area contributed by atoms with Crippen LogP contribution < -0.4 is 9.47 Å². The van der Waals surface area contributed by atoms with Crippen LogP contribution in [0, 0.1) is 0 Å². The Bertz CT molecular complexity index is 437. The summed E-state index contributed by atoms with van der Waals surface area (Å²) in [6.07, 6.45) is 0.0180. The highest BCUT2D eigenvalue weighted by Crippen LogP contribution is 2.36. The molecular weight excluding hydrogens is 220 g/mol. The molecule has 0 fully saturated rings. The maximum Gasteiger partial charge on any atom is 0.307 e. The standard InChI is InChI=1S/C13H16O4/c1-8(2)10-7-12-11(16-3-4-17-12)5-9(10)6-13(14)15/h5,7-8H,3-4,6H2,1-2H3,(H,14,15). The second-order valence-corrected chi connectivity index (χ2v) is 4.42. The summed E-state index contributed by atoms with van der Waals surface area (Å²) in [4.78, 5) is 10.8. The lowest BCUT2D eigenvalue weighted by molar-refractivity contribution is -0.136. The van der Waals surface area contributed by atoms with Crippen molar-refractivity contribution in [1.29, 1.82) is 0 Å². The zero-order valence-corrected chi connectivity index (χ0v) is 10.0. The van der Waals surface area contributed by atoms with E-state index in [1.807, 2.05) is 19.9 Å². The van der Waals surface area contributed by atoms with Crippen LogP contribution in [-0.4, -0.2) is 24.3 Å². The molecule has 0 saturated heterocycles. The molecule has 1 heterocycles. The van der Waals surface area contributed by atoms with E-state index in [1.165, 1.54) is 0 Å². The molecule has 1 aliphatic heterocycles. The average Bonchev–Trinajstić information content (AvgIpc) is 2.27. The Morgan fingerprint density at radius 1 is 1.29 bits per heavy atom. The first kappa shape index (κ1) is 11.8. The molecule has 0 radical (unpaired) electrons. The van der Waals surface area contributed by atoms with Gasteiger partial charge in [0.1, 0.15) is 13.2 Å². The number of benzene rings is 1. The predicted molar refractivity (Wildman–Crippen MR) is 62.9 cm³/mol. The Labute approximate surface area is 100 Å². The van der Waals surface area contributed by atoms with Crippen molar-refractivity contribution in [3.63, 3.8) is 0 Å². The molecule has 2 rings (SSSR count). The van der Waals surface area contributed by atoms with Gasteiger partial charge in [0, 0.05) is 0 Å². The maximum absolute atomic E-state index is 10.8. The molecule has 1 aliphatic rings. The molecule has 0 amide bonds. The number of carbonyl (C=O) groups is 1. The summed E-state index contributed by atoms with van der Waals surface area (Å²) in [6, 6.07) is 3.69. The van der Waals surface area contributed by atoms with Crippen molar-refractivity contribution in [2.75, 3.05) is 13.2 Å². The van der Waals surface area contributed by atoms with Gasteiger partial charge in [-0.1, -0.05) is 13.8 Å². The number of hydrogen-bond acceptors (Lipinski definition) is 3. The summed E-state index contributed by atoms with van der Waals surface area (Å²) in [5.74, 6) is 0.801. The molecule has 1 N–H and O–H groups in total. The fraction of sp³-hybridized carbons (Fsp3) is 0.462. The molecule has 92 valence electrons. The molecule has 0 atom stereocenters. The number of carboxylic acid groups (broad SMARTS) is 1. The van der Waals surface area contributed by atoms with E-state index in [4.69, 9.17) is 14.6 Å². The van der Waals surface area contributed by atoms with Crippen LogP contribution in [0.1, 0.15) is 30.9 Å². The van der Waals surface area contributed by atoms with Gasteiger partial charge in [0.05, 0.1) is 6.42 Å². The molecule has 0 bridgehead atoms. The van der Waals surface area contributed by atoms with Crippen LogP contribution in [0.15, 0.2) is 12.1 Å². The zero-order valence-electron chi connectivity index (χ0n) is 10.0. The quantitative estimate of drug-likeness (QED) is 0.874. The summed E-state index contributed by atoms with van der Waals surface area (Å²) in [7, 11) is 0. The summed E-state index contributed by atoms with van der Waals surface area (Å²) in [5, 5.41) is 8.91. The Hall–Kier alpha value is -1.71. The highest BCUT2D eigenvalue weighted by molar-refractivity contribution is 5.71. The fourth-order valence-electron chi connectivity index (χ4n) is 2.00. The van der Waals surface area contributed by atoms with Crippen molar-refractivity contribution in [3.8, 4) is 11.5 Å². The van der Waals surface area contributed by atoms with Crippen molar-refractivity contribution in [2.45, 2.75) is 26.2 Å². The van der Waals surface area contributed by atoms with Crippen LogP contribution in [0.5, 0.6) is 11.5 Å². The SMILES string of the molecule is CC(C)c1cc2c(cc1CC(=O)O)OCCO2. The van der Waals surface area contributed by atoms with Gasteiger partial charge in [0.2, 0.25) is 0 Å². The minimum atomic E-state index is -0.830. The minimum Gasteiger partial charge on any atom is -0.486 e. The molecular formula is C13H16O4. The van der Waals surface area contributed by atoms with Crippen LogP contribution in [-0.2, 0) is 11.2 Å². The second kappa shape index (κ2) is 4.65. The summed E-state index contributed by atoms with van der Waals surface area (Å²) in [5.41, 5.74) is 1.81. The Morgan fingerprint density at radius 3 is 2.41 bits per heavy atom. The van der Waals surface area contributed by atoms with Gasteiger partial charge in [0.15, 0.2) is 11.5 Å². The zero-order chi connectivity index (χ0) is 12.4. The van der Waals surface area contributed by atoms with Gasteiger partial charge < -0.3 is 14.6 Å². The second-order valence-electron chi connectivity index (χ2n) is 4.42. The normalized spacial score (nSPS) is 13.8. The summed E-state index contributed by atoms with van der Waals surface area (Å²) < 4.78 is 11.0. The topological polar surface area (TPSA) is 55.8 Å². The van der Waals surface area contributed by atoms with Crippen molar-refractivity contribution in [2.24, 2.45) is 0 Å². The molecule has 4 heteroatoms. The third-order valence-corrected chi connectivity index (χ3v) is 2.77. The van der Waals surface area contributed by atoms with E-state index in [0.29, 0.717) is 24.7 Å². The number of rotatable bonds is 3. The van der Waals surface area contributed by atoms with E-state index in [0.717, 1.165) is 11.1 Å². The predicted octanol–water partition coefficient (Wildman–Crippen LogP) is 2.21. The van der Waals surface area contributed by atoms with Crippen LogP contribution in [0.25, 0.3) is 0 Å². The number of carboxylic acids is 1. The highest BCUT2D eigenvalue weighted by atomic mass is 16.6. The Balaban J connectivity index is 2.44. The van der Waals surface area contributed by atoms with E-state index in [9.17, 15) is 4.79 Å². The number of fused-ring (bicyclic) bond motifs is 1. The molecule has 1 aromatic carbocycles. The van der Waals surface area contributed by atoms with Gasteiger partial charge >= 0.3 is 5.97 Å². The average molecular weight is 236 g/mol. The molecule has 0 saturated carbocycles. The van der Waals surface area contributed by atoms with Crippen molar-refractivity contribution in [3.05, 3.63) is 23.3 Å². The number of hydrogen-bond donors (Lipinski definition) is 1. The van der Waals surface area contributed by atoms with Crippen LogP contribution in [0.2, 0.25) is 0 Å². The first-order chi connectivity index (χ1) is 8.08. The first-order valence-corrected chi connectivity index (χ1v) is 5.72. The van der Waals surface area contributed by atoms with Gasteiger partial charge in [-0.25, -0.2) is 0 Å². The van der Waals surface area contributed by atoms with E-state index in [1.54, 1.807) is 6.07 Å². The smallest absolute Gasteiger partial charge is 0.307 e. The lowest BCUT2D eigenvalue weighted by Gasteiger charge is -2.22. The maximum atomic E-state index is 10.8. The van der Waals surface area contributed by atoms with E-state index in [2.05, 4.69) is 0 Å². The molecule has 0 unspecified atom stereocenters. The highest BCUT2D eigenvalue weighted by Gasteiger charge is 2.18. The van der Waals surface area contributed by atoms with Crippen molar-refractivity contribution >= 4 is 5.97 Å². The monoisotopic (exact) mass is 236 g/mol. The minimum absolute atomic E-state index is 0.0180. The Morgan fingerprint density at radius 2 is 1.88 bits per heavy atom. The third kappa shape index (κ3) is 2.52. The van der Waals surface area contributed by atoms with Gasteiger partial charge in [-0.2, -0.15) is 0 Å². The van der Waals surface area contributed by atoms with E-state index < -0.39 is 5.97 Å². The van der Waals surface area contributed by atoms with Crippen LogP contribution >= 0.6 is 0 Å². The van der Waals surface area contributed by atoms with Gasteiger partial charge in [-0.15, -0.1) is 0 Å². The van der Waals surface area contributed by atoms with E-state index >= 15 is 0 Å². The molecule has 17 heavy (non-hydrogen) atoms. The summed E-state index contributed by atoms with van der Waals surface area (Å²) in [6.45, 7) is 5.14. The lowest BCUT2D eigenvalue weighted by Crippen LogP contribution is -2.16. The molecule has 0 aromatic heterocycles. The van der Waals surface area contributed by atoms with Crippen LogP contribution in [0.4, 0.5) is 0 Å². The molecule has 0 aliphatic carbocycles. The van der Waals surface area contributed by atoms with Gasteiger partial charge in [0.25, 0.3) is 0 Å². The number of aliphatic carboxylic acids is 1. The van der Waals surface area contributed by atoms with Crippen LogP contribution in [0.3, 0.4) is 0 Å². The molecule has 4 nitrogen and oxygen atoms in total. The van der Waals surface area contributed by atoms with Crippen molar-refractivity contribution < 1.29 is 19.4 Å². The Kier molecular flexibility index (Phi) is 3.22. The van der Waals surface area contributed by atoms with Crippen molar-refractivity contribution in [1.82, 2.24) is 0 Å². The third-order valence-electron chi connectivity index (χ3n) is 2.77. The fourth-order valence-corrected chi connectivity index (χ4v) is 2.00. The van der Waals surface area contributed by atoms with Gasteiger partial charge in [-0.3, -0.25) is 4.79 Å². The lowest BCUT2D eigenvalue weighted by atomic mass is 9.94. The largest absolute Gasteiger partial charge is 0.486 e.